The van der Waals surface area contributed by atoms with Crippen LogP contribution in [0.2, 0.25) is 0 Å². The van der Waals surface area contributed by atoms with Gasteiger partial charge in [0.15, 0.2) is 0 Å². The quantitative estimate of drug-likeness (QED) is 0.760. The van der Waals surface area contributed by atoms with Crippen molar-refractivity contribution in [2.24, 2.45) is 0 Å². The summed E-state index contributed by atoms with van der Waals surface area (Å²) in [5, 5.41) is 1.24. The van der Waals surface area contributed by atoms with Gasteiger partial charge in [0.25, 0.3) is 0 Å². The molecule has 3 nitrogen and oxygen atoms in total. The summed E-state index contributed by atoms with van der Waals surface area (Å²) in [7, 11) is -2.09. The van der Waals surface area contributed by atoms with Crippen LogP contribution in [0.1, 0.15) is 26.3 Å². The zero-order chi connectivity index (χ0) is 12.2. The van der Waals surface area contributed by atoms with E-state index in [4.69, 9.17) is 4.74 Å². The van der Waals surface area contributed by atoms with Crippen LogP contribution in [-0.2, 0) is 16.7 Å². The van der Waals surface area contributed by atoms with Crippen molar-refractivity contribution in [3.05, 3.63) is 29.8 Å². The van der Waals surface area contributed by atoms with Crippen LogP contribution in [0.4, 0.5) is 0 Å². The first-order valence-electron chi connectivity index (χ1n) is 5.06. The second kappa shape index (κ2) is 5.16. The van der Waals surface area contributed by atoms with Crippen LogP contribution >= 0.6 is 0 Å². The van der Waals surface area contributed by atoms with Crippen molar-refractivity contribution in [3.63, 3.8) is 0 Å². The fraction of sp³-hybridized carbons (Fsp3) is 0.417. The van der Waals surface area contributed by atoms with Crippen molar-refractivity contribution >= 4 is 15.7 Å². The highest BCUT2D eigenvalue weighted by molar-refractivity contribution is 7.71. The van der Waals surface area contributed by atoms with Gasteiger partial charge in [-0.1, -0.05) is 12.1 Å². The molecule has 0 aliphatic carbocycles. The van der Waals surface area contributed by atoms with Crippen molar-refractivity contribution < 1.29 is 13.2 Å². The minimum atomic E-state index is -2.09. The molecule has 1 aromatic rings. The summed E-state index contributed by atoms with van der Waals surface area (Å²) in [4.78, 5) is 0. The Balaban J connectivity index is 2.72. The van der Waals surface area contributed by atoms with Crippen LogP contribution < -0.4 is 4.74 Å². The maximum Gasteiger partial charge on any atom is 0.210 e. The average molecular weight is 240 g/mol. The summed E-state index contributed by atoms with van der Waals surface area (Å²) in [6.07, 6.45) is 0.423. The minimum Gasteiger partial charge on any atom is -0.488 e. The van der Waals surface area contributed by atoms with Gasteiger partial charge in [-0.3, -0.25) is 0 Å². The SMILES string of the molecule is CC(C)(C)Oc1ccc(CC=S(=O)=O)cc1. The van der Waals surface area contributed by atoms with E-state index in [0.717, 1.165) is 11.3 Å². The van der Waals surface area contributed by atoms with E-state index in [1.165, 1.54) is 5.37 Å². The maximum atomic E-state index is 10.3. The first kappa shape index (κ1) is 12.8. The fourth-order valence-electron chi connectivity index (χ4n) is 1.21. The number of hydrogen-bond acceptors (Lipinski definition) is 3. The molecule has 0 heterocycles. The molecule has 4 heteroatoms. The van der Waals surface area contributed by atoms with Crippen molar-refractivity contribution in [3.8, 4) is 5.75 Å². The molecule has 0 bridgehead atoms. The van der Waals surface area contributed by atoms with E-state index >= 15 is 0 Å². The Morgan fingerprint density at radius 3 is 2.19 bits per heavy atom. The molecule has 0 saturated carbocycles. The Morgan fingerprint density at radius 2 is 1.75 bits per heavy atom. The smallest absolute Gasteiger partial charge is 0.210 e. The molecule has 0 aliphatic heterocycles. The van der Waals surface area contributed by atoms with E-state index in [0.29, 0.717) is 6.42 Å². The van der Waals surface area contributed by atoms with E-state index in [-0.39, 0.29) is 5.60 Å². The van der Waals surface area contributed by atoms with Crippen molar-refractivity contribution in [1.82, 2.24) is 0 Å². The van der Waals surface area contributed by atoms with E-state index < -0.39 is 10.3 Å². The molecule has 88 valence electrons. The van der Waals surface area contributed by atoms with Crippen LogP contribution in [0.3, 0.4) is 0 Å². The Morgan fingerprint density at radius 1 is 1.19 bits per heavy atom. The molecule has 16 heavy (non-hydrogen) atoms. The Bertz CT molecular complexity index is 456. The van der Waals surface area contributed by atoms with Gasteiger partial charge < -0.3 is 4.74 Å². The summed E-state index contributed by atoms with van der Waals surface area (Å²) >= 11 is 0. The lowest BCUT2D eigenvalue weighted by Crippen LogP contribution is -2.22. The van der Waals surface area contributed by atoms with Crippen molar-refractivity contribution in [2.45, 2.75) is 32.8 Å². The van der Waals surface area contributed by atoms with Gasteiger partial charge in [0, 0.05) is 11.8 Å². The molecule has 1 aromatic carbocycles. The standard InChI is InChI=1S/C12H16O3S/c1-12(2,3)15-11-6-4-10(5-7-11)8-9-16(13)14/h4-7,9H,8H2,1-3H3. The van der Waals surface area contributed by atoms with Gasteiger partial charge in [-0.15, -0.1) is 0 Å². The molecule has 0 amide bonds. The topological polar surface area (TPSA) is 43.4 Å². The molecule has 0 spiro atoms. The van der Waals surface area contributed by atoms with Crippen LogP contribution in [0, 0.1) is 0 Å². The van der Waals surface area contributed by atoms with Gasteiger partial charge in [0.2, 0.25) is 10.3 Å². The Kier molecular flexibility index (Phi) is 4.12. The van der Waals surface area contributed by atoms with Gasteiger partial charge in [0.05, 0.1) is 0 Å². The van der Waals surface area contributed by atoms with Gasteiger partial charge in [0.1, 0.15) is 11.4 Å². The highest BCUT2D eigenvalue weighted by atomic mass is 32.2. The maximum absolute atomic E-state index is 10.3. The highest BCUT2D eigenvalue weighted by Crippen LogP contribution is 2.18. The number of rotatable bonds is 3. The summed E-state index contributed by atoms with van der Waals surface area (Å²) in [5.74, 6) is 0.791. The second-order valence-corrected chi connectivity index (χ2v) is 5.34. The lowest BCUT2D eigenvalue weighted by Gasteiger charge is -2.21. The molecule has 0 fully saturated rings. The summed E-state index contributed by atoms with van der Waals surface area (Å²) in [5.41, 5.74) is 0.731. The molecule has 0 atom stereocenters. The molecule has 0 saturated heterocycles. The molecule has 0 N–H and O–H groups in total. The van der Waals surface area contributed by atoms with Gasteiger partial charge in [-0.25, -0.2) is 0 Å². The van der Waals surface area contributed by atoms with Crippen molar-refractivity contribution in [2.75, 3.05) is 0 Å². The summed E-state index contributed by atoms with van der Waals surface area (Å²) < 4.78 is 26.3. The van der Waals surface area contributed by atoms with E-state index in [2.05, 4.69) is 0 Å². The second-order valence-electron chi connectivity index (χ2n) is 4.49. The van der Waals surface area contributed by atoms with Gasteiger partial charge in [-0.05, 0) is 38.5 Å². The molecule has 1 rings (SSSR count). The Hall–Kier alpha value is -1.29. The molecular formula is C12H16O3S. The lowest BCUT2D eigenvalue weighted by molar-refractivity contribution is 0.131. The minimum absolute atomic E-state index is 0.218. The first-order chi connectivity index (χ1) is 7.37. The normalized spacial score (nSPS) is 10.9. The van der Waals surface area contributed by atoms with Crippen molar-refractivity contribution in [1.29, 1.82) is 0 Å². The van der Waals surface area contributed by atoms with Crippen LogP contribution in [0.5, 0.6) is 5.75 Å². The van der Waals surface area contributed by atoms with E-state index in [1.54, 1.807) is 0 Å². The molecule has 0 radical (unpaired) electrons. The molecule has 0 unspecified atom stereocenters. The van der Waals surface area contributed by atoms with Crippen LogP contribution in [0.25, 0.3) is 0 Å². The predicted molar refractivity (Wildman–Crippen MR) is 65.5 cm³/mol. The van der Waals surface area contributed by atoms with E-state index in [1.807, 2.05) is 45.0 Å². The van der Waals surface area contributed by atoms with Crippen LogP contribution in [0.15, 0.2) is 24.3 Å². The first-order valence-corrected chi connectivity index (χ1v) is 6.20. The van der Waals surface area contributed by atoms with E-state index in [9.17, 15) is 8.42 Å². The molecule has 0 aliphatic rings. The largest absolute Gasteiger partial charge is 0.488 e. The monoisotopic (exact) mass is 240 g/mol. The number of ether oxygens (including phenoxy) is 1. The zero-order valence-electron chi connectivity index (χ0n) is 9.73. The van der Waals surface area contributed by atoms with Gasteiger partial charge >= 0.3 is 0 Å². The lowest BCUT2D eigenvalue weighted by atomic mass is 10.1. The number of hydrogen-bond donors (Lipinski definition) is 0. The van der Waals surface area contributed by atoms with Gasteiger partial charge in [-0.2, -0.15) is 8.42 Å². The third kappa shape index (κ3) is 4.98. The number of benzene rings is 1. The predicted octanol–water partition coefficient (Wildman–Crippen LogP) is 2.09. The summed E-state index contributed by atoms with van der Waals surface area (Å²) in [6, 6.07) is 7.43. The summed E-state index contributed by atoms with van der Waals surface area (Å²) in [6.45, 7) is 5.94. The highest BCUT2D eigenvalue weighted by Gasteiger charge is 2.10. The Labute approximate surface area is 97.6 Å². The zero-order valence-corrected chi connectivity index (χ0v) is 10.5. The molecular weight excluding hydrogens is 224 g/mol. The van der Waals surface area contributed by atoms with Crippen LogP contribution in [-0.4, -0.2) is 19.4 Å². The molecule has 0 aromatic heterocycles. The third-order valence-corrected chi connectivity index (χ3v) is 2.24. The average Bonchev–Trinajstić information content (AvgIpc) is 2.14. The third-order valence-electron chi connectivity index (χ3n) is 1.80. The fourth-order valence-corrected chi connectivity index (χ4v) is 1.54.